The minimum Gasteiger partial charge on any atom is -0.465 e. The molecule has 1 heterocycles. The van der Waals surface area contributed by atoms with Crippen LogP contribution in [0.3, 0.4) is 0 Å². The summed E-state index contributed by atoms with van der Waals surface area (Å²) in [5.41, 5.74) is 1.85. The lowest BCUT2D eigenvalue weighted by Crippen LogP contribution is -2.15. The number of esters is 1. The van der Waals surface area contributed by atoms with Crippen molar-refractivity contribution in [3.05, 3.63) is 77.6 Å². The zero-order valence-corrected chi connectivity index (χ0v) is 15.8. The topological polar surface area (TPSA) is 110 Å². The number of Topliss-reactive ketones (excluding diaryl/α,β-unsaturated/α-hetero) is 1. The molecule has 0 aliphatic rings. The molecule has 0 fully saturated rings. The molecule has 3 aromatic rings. The van der Waals surface area contributed by atoms with Crippen LogP contribution < -0.4 is 10.6 Å². The first kappa shape index (κ1) is 19.7. The van der Waals surface area contributed by atoms with Crippen molar-refractivity contribution in [2.75, 3.05) is 17.7 Å². The summed E-state index contributed by atoms with van der Waals surface area (Å²) in [7, 11) is 1.29. The highest BCUT2D eigenvalue weighted by molar-refractivity contribution is 6.04. The minimum absolute atomic E-state index is 0.0982. The van der Waals surface area contributed by atoms with Crippen molar-refractivity contribution in [3.8, 4) is 0 Å². The lowest BCUT2D eigenvalue weighted by Gasteiger charge is -2.10. The van der Waals surface area contributed by atoms with Gasteiger partial charge in [0, 0.05) is 17.4 Å². The van der Waals surface area contributed by atoms with Crippen LogP contribution in [-0.2, 0) is 4.74 Å². The molecule has 8 heteroatoms. The van der Waals surface area contributed by atoms with Gasteiger partial charge in [-0.25, -0.2) is 14.8 Å². The van der Waals surface area contributed by atoms with Crippen molar-refractivity contribution >= 4 is 35.0 Å². The molecule has 1 aromatic heterocycles. The van der Waals surface area contributed by atoms with E-state index >= 15 is 0 Å². The predicted octanol–water partition coefficient (Wildman–Crippen LogP) is 3.46. The second-order valence-corrected chi connectivity index (χ2v) is 6.02. The maximum absolute atomic E-state index is 12.5. The van der Waals surface area contributed by atoms with Gasteiger partial charge in [0.05, 0.1) is 18.4 Å². The molecule has 2 aromatic carbocycles. The Balaban J connectivity index is 1.80. The SMILES string of the molecule is COC(=O)c1ccccc1Nc1nccc(C(=O)Nc2cccc(C(C)=O)c2)n1. The van der Waals surface area contributed by atoms with Crippen LogP contribution in [0.25, 0.3) is 0 Å². The first-order valence-corrected chi connectivity index (χ1v) is 8.67. The van der Waals surface area contributed by atoms with Crippen molar-refractivity contribution in [1.82, 2.24) is 9.97 Å². The highest BCUT2D eigenvalue weighted by Crippen LogP contribution is 2.20. The number of nitrogens with one attached hydrogen (secondary N) is 2. The van der Waals surface area contributed by atoms with E-state index in [4.69, 9.17) is 4.74 Å². The van der Waals surface area contributed by atoms with Crippen LogP contribution in [-0.4, -0.2) is 34.7 Å². The van der Waals surface area contributed by atoms with Gasteiger partial charge in [0.25, 0.3) is 5.91 Å². The Kier molecular flexibility index (Phi) is 5.94. The van der Waals surface area contributed by atoms with E-state index in [9.17, 15) is 14.4 Å². The summed E-state index contributed by atoms with van der Waals surface area (Å²) in [6, 6.07) is 14.8. The van der Waals surface area contributed by atoms with Gasteiger partial charge in [-0.05, 0) is 37.3 Å². The maximum atomic E-state index is 12.5. The lowest BCUT2D eigenvalue weighted by atomic mass is 10.1. The van der Waals surface area contributed by atoms with Gasteiger partial charge >= 0.3 is 5.97 Å². The zero-order valence-electron chi connectivity index (χ0n) is 15.8. The quantitative estimate of drug-likeness (QED) is 0.490. The first-order chi connectivity index (χ1) is 14.0. The smallest absolute Gasteiger partial charge is 0.339 e. The van der Waals surface area contributed by atoms with E-state index in [1.807, 2.05) is 0 Å². The predicted molar refractivity (Wildman–Crippen MR) is 107 cm³/mol. The molecule has 0 atom stereocenters. The minimum atomic E-state index is -0.507. The van der Waals surface area contributed by atoms with Crippen LogP contribution in [0.15, 0.2) is 60.8 Å². The van der Waals surface area contributed by atoms with Crippen LogP contribution >= 0.6 is 0 Å². The Bertz CT molecular complexity index is 1080. The number of aromatic nitrogens is 2. The van der Waals surface area contributed by atoms with Crippen LogP contribution in [0, 0.1) is 0 Å². The van der Waals surface area contributed by atoms with Gasteiger partial charge in [-0.15, -0.1) is 0 Å². The van der Waals surface area contributed by atoms with Gasteiger partial charge < -0.3 is 15.4 Å². The number of ketones is 1. The maximum Gasteiger partial charge on any atom is 0.339 e. The average molecular weight is 390 g/mol. The molecule has 146 valence electrons. The number of anilines is 3. The number of carbonyl (C=O) groups excluding carboxylic acids is 3. The number of hydrogen-bond donors (Lipinski definition) is 2. The highest BCUT2D eigenvalue weighted by atomic mass is 16.5. The number of methoxy groups -OCH3 is 1. The molecule has 0 bridgehead atoms. The number of para-hydroxylation sites is 1. The summed E-state index contributed by atoms with van der Waals surface area (Å²) in [5, 5.41) is 5.62. The summed E-state index contributed by atoms with van der Waals surface area (Å²) < 4.78 is 4.76. The Hall–Kier alpha value is -4.07. The van der Waals surface area contributed by atoms with Crippen molar-refractivity contribution < 1.29 is 19.1 Å². The number of benzene rings is 2. The molecule has 0 saturated heterocycles. The highest BCUT2D eigenvalue weighted by Gasteiger charge is 2.14. The number of hydrogen-bond acceptors (Lipinski definition) is 7. The molecular weight excluding hydrogens is 372 g/mol. The molecule has 0 spiro atoms. The van der Waals surface area contributed by atoms with Gasteiger partial charge in [0.2, 0.25) is 5.95 Å². The molecule has 3 rings (SSSR count). The monoisotopic (exact) mass is 390 g/mol. The molecule has 8 nitrogen and oxygen atoms in total. The third-order valence-corrected chi connectivity index (χ3v) is 3.99. The molecule has 1 amide bonds. The van der Waals surface area contributed by atoms with E-state index in [1.165, 1.54) is 26.3 Å². The Morgan fingerprint density at radius 1 is 1.00 bits per heavy atom. The van der Waals surface area contributed by atoms with Gasteiger partial charge in [0.15, 0.2) is 5.78 Å². The fourth-order valence-electron chi connectivity index (χ4n) is 2.56. The third kappa shape index (κ3) is 4.81. The Morgan fingerprint density at radius 2 is 1.79 bits per heavy atom. The van der Waals surface area contributed by atoms with Crippen LogP contribution in [0.1, 0.15) is 38.1 Å². The molecular formula is C21H18N4O4. The largest absolute Gasteiger partial charge is 0.465 e. The molecule has 29 heavy (non-hydrogen) atoms. The Labute approximate surface area is 167 Å². The number of carbonyl (C=O) groups is 3. The molecule has 0 unspecified atom stereocenters. The van der Waals surface area contributed by atoms with E-state index in [2.05, 4.69) is 20.6 Å². The van der Waals surface area contributed by atoms with E-state index in [0.717, 1.165) is 0 Å². The van der Waals surface area contributed by atoms with Crippen molar-refractivity contribution in [1.29, 1.82) is 0 Å². The van der Waals surface area contributed by atoms with E-state index in [-0.39, 0.29) is 17.4 Å². The second kappa shape index (κ2) is 8.75. The van der Waals surface area contributed by atoms with Gasteiger partial charge in [-0.3, -0.25) is 9.59 Å². The van der Waals surface area contributed by atoms with Crippen molar-refractivity contribution in [2.45, 2.75) is 6.92 Å². The van der Waals surface area contributed by atoms with E-state index in [0.29, 0.717) is 22.5 Å². The first-order valence-electron chi connectivity index (χ1n) is 8.67. The summed E-state index contributed by atoms with van der Waals surface area (Å²) in [6.07, 6.45) is 1.43. The third-order valence-electron chi connectivity index (χ3n) is 3.99. The fraction of sp³-hybridized carbons (Fsp3) is 0.0952. The molecule has 2 N–H and O–H groups in total. The number of ether oxygens (including phenoxy) is 1. The summed E-state index contributed by atoms with van der Waals surface area (Å²) >= 11 is 0. The second-order valence-electron chi connectivity index (χ2n) is 6.02. The number of amides is 1. The van der Waals surface area contributed by atoms with E-state index in [1.54, 1.807) is 48.5 Å². The van der Waals surface area contributed by atoms with E-state index < -0.39 is 11.9 Å². The Morgan fingerprint density at radius 3 is 2.55 bits per heavy atom. The molecule has 0 saturated carbocycles. The summed E-state index contributed by atoms with van der Waals surface area (Å²) in [6.45, 7) is 1.45. The van der Waals surface area contributed by atoms with Gasteiger partial charge in [-0.1, -0.05) is 24.3 Å². The van der Waals surface area contributed by atoms with Crippen molar-refractivity contribution in [3.63, 3.8) is 0 Å². The zero-order chi connectivity index (χ0) is 20.8. The molecule has 0 aliphatic carbocycles. The number of rotatable bonds is 6. The van der Waals surface area contributed by atoms with Crippen molar-refractivity contribution in [2.24, 2.45) is 0 Å². The standard InChI is InChI=1S/C21H18N4O4/c1-13(26)14-6-5-7-15(12-14)23-19(27)18-10-11-22-21(25-18)24-17-9-4-3-8-16(17)20(28)29-2/h3-12H,1-2H3,(H,23,27)(H,22,24,25). The summed E-state index contributed by atoms with van der Waals surface area (Å²) in [5.74, 6) is -0.921. The van der Waals surface area contributed by atoms with Crippen LogP contribution in [0.5, 0.6) is 0 Å². The van der Waals surface area contributed by atoms with Crippen LogP contribution in [0.2, 0.25) is 0 Å². The average Bonchev–Trinajstić information content (AvgIpc) is 2.74. The number of nitrogens with zero attached hydrogens (tertiary/aromatic N) is 2. The van der Waals surface area contributed by atoms with Crippen LogP contribution in [0.4, 0.5) is 17.3 Å². The fourth-order valence-corrected chi connectivity index (χ4v) is 2.56. The lowest BCUT2D eigenvalue weighted by molar-refractivity contribution is 0.0601. The molecule has 0 radical (unpaired) electrons. The van der Waals surface area contributed by atoms with Gasteiger partial charge in [0.1, 0.15) is 5.69 Å². The molecule has 0 aliphatic heterocycles. The normalized spacial score (nSPS) is 10.1. The van der Waals surface area contributed by atoms with Gasteiger partial charge in [-0.2, -0.15) is 0 Å². The summed E-state index contributed by atoms with van der Waals surface area (Å²) in [4.78, 5) is 44.2.